The van der Waals surface area contributed by atoms with Crippen molar-refractivity contribution in [3.05, 3.63) is 71.9 Å². The van der Waals surface area contributed by atoms with Gasteiger partial charge >= 0.3 is 13.1 Å². The molecule has 0 aliphatic rings. The van der Waals surface area contributed by atoms with Gasteiger partial charge in [0.05, 0.1) is 18.8 Å². The lowest BCUT2D eigenvalue weighted by Crippen LogP contribution is -2.48. The van der Waals surface area contributed by atoms with Crippen LogP contribution in [-0.2, 0) is 15.8 Å². The molecule has 200 valence electrons. The molecule has 0 aliphatic heterocycles. The Morgan fingerprint density at radius 3 is 2.37 bits per heavy atom. The van der Waals surface area contributed by atoms with Gasteiger partial charge in [0.1, 0.15) is 11.4 Å². The second-order valence-electron chi connectivity index (χ2n) is 11.1. The molecule has 1 heterocycles. The van der Waals surface area contributed by atoms with E-state index >= 15 is 0 Å². The predicted octanol–water partition coefficient (Wildman–Crippen LogP) is 6.04. The number of aromatic nitrogens is 1. The average molecular weight is 515 g/mol. The van der Waals surface area contributed by atoms with E-state index in [4.69, 9.17) is 14.1 Å². The number of aromatic amines is 1. The lowest BCUT2D eigenvalue weighted by Gasteiger charge is -2.40. The molecule has 0 unspecified atom stereocenters. The molecule has 0 aliphatic carbocycles. The van der Waals surface area contributed by atoms with Gasteiger partial charge in [-0.25, -0.2) is 4.79 Å². The standard InChI is InChI=1S/C31H38BNO5/c1-7-36-29(34)28-24(17-12-20-37-26-19-10-14-21-13-8-9-15-22(21)26)23-16-11-18-25(27(23)33-28)32(35)38-31(5,6)30(2,3)4/h8-11,13-16,18-19,33,35H,7,12,17,20H2,1-6H3. The lowest BCUT2D eigenvalue weighted by atomic mass is 9.73. The smallest absolute Gasteiger partial charge is 0.493 e. The first-order valence-corrected chi connectivity index (χ1v) is 13.3. The highest BCUT2D eigenvalue weighted by molar-refractivity contribution is 6.63. The van der Waals surface area contributed by atoms with E-state index in [0.717, 1.165) is 27.5 Å². The summed E-state index contributed by atoms with van der Waals surface area (Å²) >= 11 is 0. The molecule has 0 amide bonds. The van der Waals surface area contributed by atoms with Crippen LogP contribution in [0.2, 0.25) is 0 Å². The summed E-state index contributed by atoms with van der Waals surface area (Å²) in [5.74, 6) is 0.432. The quantitative estimate of drug-likeness (QED) is 0.153. The number of fused-ring (bicyclic) bond motifs is 2. The molecule has 0 spiro atoms. The van der Waals surface area contributed by atoms with Crippen molar-refractivity contribution in [3.8, 4) is 5.75 Å². The van der Waals surface area contributed by atoms with Gasteiger partial charge in [0.25, 0.3) is 0 Å². The second kappa shape index (κ2) is 11.2. The van der Waals surface area contributed by atoms with Crippen molar-refractivity contribution in [1.82, 2.24) is 4.98 Å². The Morgan fingerprint density at radius 1 is 0.947 bits per heavy atom. The van der Waals surface area contributed by atoms with Crippen LogP contribution < -0.4 is 10.2 Å². The number of hydrogen-bond acceptors (Lipinski definition) is 5. The Bertz CT molecular complexity index is 1410. The first-order chi connectivity index (χ1) is 18.0. The highest BCUT2D eigenvalue weighted by atomic mass is 16.5. The van der Waals surface area contributed by atoms with Crippen molar-refractivity contribution in [2.75, 3.05) is 13.2 Å². The van der Waals surface area contributed by atoms with Crippen LogP contribution in [-0.4, -0.2) is 41.9 Å². The summed E-state index contributed by atoms with van der Waals surface area (Å²) in [4.78, 5) is 16.1. The summed E-state index contributed by atoms with van der Waals surface area (Å²) in [7, 11) is -1.16. The van der Waals surface area contributed by atoms with E-state index in [0.29, 0.717) is 36.1 Å². The predicted molar refractivity (Wildman–Crippen MR) is 154 cm³/mol. The molecule has 7 heteroatoms. The van der Waals surface area contributed by atoms with Crippen molar-refractivity contribution in [1.29, 1.82) is 0 Å². The molecule has 0 radical (unpaired) electrons. The summed E-state index contributed by atoms with van der Waals surface area (Å²) in [5, 5.41) is 14.2. The minimum absolute atomic E-state index is 0.192. The number of esters is 1. The molecule has 4 aromatic rings. The van der Waals surface area contributed by atoms with Crippen molar-refractivity contribution < 1.29 is 23.9 Å². The SMILES string of the molecule is CCOC(=O)c1[nH]c2c(B(O)OC(C)(C)C(C)(C)C)cccc2c1CCCOc1cccc2ccccc12. The Kier molecular flexibility index (Phi) is 8.19. The fourth-order valence-electron chi connectivity index (χ4n) is 4.41. The lowest BCUT2D eigenvalue weighted by molar-refractivity contribution is -0.0128. The van der Waals surface area contributed by atoms with Crippen LogP contribution in [0, 0.1) is 5.41 Å². The molecule has 38 heavy (non-hydrogen) atoms. The normalized spacial score (nSPS) is 12.2. The number of H-pyrrole nitrogens is 1. The summed E-state index contributed by atoms with van der Waals surface area (Å²) < 4.78 is 17.6. The number of rotatable bonds is 10. The highest BCUT2D eigenvalue weighted by Gasteiger charge is 2.38. The van der Waals surface area contributed by atoms with Crippen LogP contribution >= 0.6 is 0 Å². The molecule has 0 atom stereocenters. The van der Waals surface area contributed by atoms with Gasteiger partial charge in [-0.15, -0.1) is 0 Å². The minimum Gasteiger partial charge on any atom is -0.493 e. The molecule has 0 saturated heterocycles. The van der Waals surface area contributed by atoms with E-state index in [2.05, 4.69) is 44.0 Å². The van der Waals surface area contributed by atoms with Crippen LogP contribution in [0.3, 0.4) is 0 Å². The van der Waals surface area contributed by atoms with Crippen LogP contribution in [0.4, 0.5) is 0 Å². The van der Waals surface area contributed by atoms with E-state index in [1.165, 1.54) is 0 Å². The van der Waals surface area contributed by atoms with Gasteiger partial charge in [-0.2, -0.15) is 0 Å². The Labute approximate surface area is 225 Å². The molecular weight excluding hydrogens is 477 g/mol. The van der Waals surface area contributed by atoms with Crippen LogP contribution in [0.5, 0.6) is 5.75 Å². The van der Waals surface area contributed by atoms with E-state index in [-0.39, 0.29) is 12.0 Å². The topological polar surface area (TPSA) is 80.8 Å². The van der Waals surface area contributed by atoms with Crippen molar-refractivity contribution in [2.45, 2.75) is 60.0 Å². The molecule has 0 bridgehead atoms. The molecule has 2 N–H and O–H groups in total. The van der Waals surface area contributed by atoms with Gasteiger partial charge in [0, 0.05) is 21.8 Å². The maximum atomic E-state index is 12.9. The molecule has 0 fully saturated rings. The molecule has 0 saturated carbocycles. The summed E-state index contributed by atoms with van der Waals surface area (Å²) in [5.41, 5.74) is 1.74. The zero-order valence-corrected chi connectivity index (χ0v) is 23.3. The van der Waals surface area contributed by atoms with Crippen molar-refractivity contribution in [3.63, 3.8) is 0 Å². The van der Waals surface area contributed by atoms with Crippen molar-refractivity contribution in [2.24, 2.45) is 5.41 Å². The summed E-state index contributed by atoms with van der Waals surface area (Å²) in [6, 6.07) is 19.8. The third-order valence-electron chi connectivity index (χ3n) is 7.51. The van der Waals surface area contributed by atoms with Gasteiger partial charge in [0.2, 0.25) is 0 Å². The number of aryl methyl sites for hydroxylation is 1. The zero-order chi connectivity index (χ0) is 27.5. The fourth-order valence-corrected chi connectivity index (χ4v) is 4.41. The number of benzene rings is 3. The summed E-state index contributed by atoms with van der Waals surface area (Å²) in [6.07, 6.45) is 1.30. The van der Waals surface area contributed by atoms with Gasteiger partial charge in [0.15, 0.2) is 0 Å². The average Bonchev–Trinajstić information content (AvgIpc) is 3.24. The van der Waals surface area contributed by atoms with Crippen LogP contribution in [0.15, 0.2) is 60.7 Å². The van der Waals surface area contributed by atoms with Gasteiger partial charge in [-0.1, -0.05) is 75.4 Å². The highest BCUT2D eigenvalue weighted by Crippen LogP contribution is 2.34. The van der Waals surface area contributed by atoms with Crippen LogP contribution in [0.25, 0.3) is 21.7 Å². The maximum Gasteiger partial charge on any atom is 0.493 e. The molecule has 3 aromatic carbocycles. The van der Waals surface area contributed by atoms with Crippen LogP contribution in [0.1, 0.15) is 64.0 Å². The van der Waals surface area contributed by atoms with E-state index < -0.39 is 18.7 Å². The largest absolute Gasteiger partial charge is 0.493 e. The van der Waals surface area contributed by atoms with Gasteiger partial charge in [-0.3, -0.25) is 0 Å². The first-order valence-electron chi connectivity index (χ1n) is 13.3. The number of ether oxygens (including phenoxy) is 2. The number of hydrogen-bond donors (Lipinski definition) is 2. The molecule has 4 rings (SSSR count). The van der Waals surface area contributed by atoms with Gasteiger partial charge < -0.3 is 24.1 Å². The minimum atomic E-state index is -1.16. The Morgan fingerprint density at radius 2 is 1.63 bits per heavy atom. The molecule has 1 aromatic heterocycles. The Hall–Kier alpha value is -3.29. The molecular formula is C31H38BNO5. The number of para-hydroxylation sites is 1. The first kappa shape index (κ1) is 27.7. The molecule has 6 nitrogen and oxygen atoms in total. The monoisotopic (exact) mass is 515 g/mol. The second-order valence-corrected chi connectivity index (χ2v) is 11.1. The third kappa shape index (κ3) is 5.74. The fraction of sp³-hybridized carbons (Fsp3) is 0.387. The van der Waals surface area contributed by atoms with E-state index in [1.807, 2.05) is 56.3 Å². The number of carbonyl (C=O) groups is 1. The number of carbonyl (C=O) groups excluding carboxylic acids is 1. The van der Waals surface area contributed by atoms with E-state index in [9.17, 15) is 9.82 Å². The zero-order valence-electron chi connectivity index (χ0n) is 23.3. The number of nitrogens with one attached hydrogen (secondary N) is 1. The van der Waals surface area contributed by atoms with E-state index in [1.54, 1.807) is 6.92 Å². The third-order valence-corrected chi connectivity index (χ3v) is 7.51. The van der Waals surface area contributed by atoms with Crippen molar-refractivity contribution >= 4 is 40.2 Å². The maximum absolute atomic E-state index is 12.9. The summed E-state index contributed by atoms with van der Waals surface area (Å²) in [6.45, 7) is 12.7. The van der Waals surface area contributed by atoms with Gasteiger partial charge in [-0.05, 0) is 56.0 Å². The Balaban J connectivity index is 1.59.